The minimum absolute atomic E-state index is 0.0143. The number of ether oxygens (including phenoxy) is 11. The quantitative estimate of drug-likeness (QED) is 0.0213. The first-order valence-electron chi connectivity index (χ1n) is 27.5. The van der Waals surface area contributed by atoms with Gasteiger partial charge < -0.3 is 73.4 Å². The maximum atomic E-state index is 13.7. The highest BCUT2D eigenvalue weighted by Crippen LogP contribution is 2.36. The van der Waals surface area contributed by atoms with Crippen molar-refractivity contribution in [2.24, 2.45) is 10.7 Å². The largest absolute Gasteiger partial charge is 0.420 e. The fourth-order valence-electron chi connectivity index (χ4n) is 7.40. The number of aliphatic imine (C=N–C) groups is 1. The fraction of sp³-hybridized carbons (Fsp3) is 0.618. The Bertz CT molecular complexity index is 2350. The van der Waals surface area contributed by atoms with E-state index in [1.54, 1.807) is 11.3 Å². The molecule has 0 saturated carbocycles. The van der Waals surface area contributed by atoms with Gasteiger partial charge in [0.05, 0.1) is 155 Å². The molecule has 1 aromatic carbocycles. The zero-order valence-corrected chi connectivity index (χ0v) is 47.5. The third-order valence-corrected chi connectivity index (χ3v) is 12.6. The Hall–Kier alpha value is -5.59. The Morgan fingerprint density at radius 1 is 0.610 bits per heavy atom. The van der Waals surface area contributed by atoms with Crippen LogP contribution >= 0.6 is 11.3 Å². The lowest BCUT2D eigenvalue weighted by Gasteiger charge is -2.23. The molecule has 458 valence electrons. The number of aryl methyl sites for hydroxylation is 1. The molecular weight excluding hydrogens is 1110 g/mol. The first-order chi connectivity index (χ1) is 40.0. The number of halogens is 4. The lowest BCUT2D eigenvalue weighted by Crippen LogP contribution is -2.36. The highest BCUT2D eigenvalue weighted by Gasteiger charge is 2.24. The number of nitrogens with zero attached hydrogens (tertiary/aromatic N) is 4. The van der Waals surface area contributed by atoms with Crippen molar-refractivity contribution in [2.45, 2.75) is 64.7 Å². The van der Waals surface area contributed by atoms with Crippen molar-refractivity contribution in [3.63, 3.8) is 0 Å². The molecule has 0 radical (unpaired) electrons. The zero-order chi connectivity index (χ0) is 58.8. The van der Waals surface area contributed by atoms with Gasteiger partial charge in [-0.1, -0.05) is 13.3 Å². The Kier molecular flexibility index (Phi) is 36.2. The van der Waals surface area contributed by atoms with E-state index < -0.39 is 41.4 Å². The molecule has 3 amide bonds. The molecule has 22 nitrogen and oxygen atoms in total. The van der Waals surface area contributed by atoms with Gasteiger partial charge >= 0.3 is 5.97 Å². The van der Waals surface area contributed by atoms with Gasteiger partial charge in [-0.15, -0.1) is 11.3 Å². The molecule has 4 rings (SSSR count). The van der Waals surface area contributed by atoms with Gasteiger partial charge in [0.25, 0.3) is 5.91 Å². The van der Waals surface area contributed by atoms with E-state index in [4.69, 9.17) is 53.1 Å². The molecule has 0 fully saturated rings. The van der Waals surface area contributed by atoms with Gasteiger partial charge in [-0.25, -0.2) is 23.7 Å². The fourth-order valence-corrected chi connectivity index (χ4v) is 8.51. The number of rotatable bonds is 48. The van der Waals surface area contributed by atoms with E-state index >= 15 is 0 Å². The molecule has 0 unspecified atom stereocenters. The molecule has 0 spiro atoms. The molecule has 0 saturated heterocycles. The number of benzene rings is 1. The van der Waals surface area contributed by atoms with E-state index in [-0.39, 0.29) is 63.1 Å². The molecule has 82 heavy (non-hydrogen) atoms. The van der Waals surface area contributed by atoms with E-state index in [2.05, 4.69) is 30.3 Å². The summed E-state index contributed by atoms with van der Waals surface area (Å²) >= 11 is 1.62. The van der Waals surface area contributed by atoms with Gasteiger partial charge in [-0.3, -0.25) is 19.2 Å². The Balaban J connectivity index is 0.840. The maximum absolute atomic E-state index is 13.7. The molecule has 3 aromatic rings. The number of hydrogen-bond donors (Lipinski definition) is 3. The smallest absolute Gasteiger partial charge is 0.313 e. The SMILES string of the molecule is CCCN(CCCNC(=O)c1cncnc1)C(=O)C1=Cc2sc(CCCCCNC(=O)CCOCCOCCOCCOCCOCCOCCOCCOCCOCCOCCC(=O)Oc3c(F)c(F)cc(F)c3F)cc2N=C(N)C1. The first kappa shape index (κ1) is 68.9. The lowest BCUT2D eigenvalue weighted by atomic mass is 10.1. The topological polar surface area (TPSA) is 261 Å². The minimum atomic E-state index is -1.80. The summed E-state index contributed by atoms with van der Waals surface area (Å²) in [5.74, 6) is -9.54. The number of carbonyl (C=O) groups is 4. The van der Waals surface area contributed by atoms with Gasteiger partial charge in [0, 0.05) is 67.9 Å². The van der Waals surface area contributed by atoms with E-state index in [0.29, 0.717) is 155 Å². The average molecular weight is 1190 g/mol. The second-order valence-electron chi connectivity index (χ2n) is 18.0. The highest BCUT2D eigenvalue weighted by atomic mass is 32.1. The maximum Gasteiger partial charge on any atom is 0.313 e. The van der Waals surface area contributed by atoms with Crippen LogP contribution in [0.15, 0.2) is 41.4 Å². The van der Waals surface area contributed by atoms with Crippen LogP contribution in [0.25, 0.3) is 6.08 Å². The first-order valence-corrected chi connectivity index (χ1v) is 28.3. The van der Waals surface area contributed by atoms with Gasteiger partial charge in [0.1, 0.15) is 12.2 Å². The number of amides is 3. The van der Waals surface area contributed by atoms with E-state index in [9.17, 15) is 36.7 Å². The van der Waals surface area contributed by atoms with Crippen LogP contribution in [0.5, 0.6) is 5.75 Å². The molecule has 27 heteroatoms. The van der Waals surface area contributed by atoms with Crippen molar-refractivity contribution in [3.05, 3.63) is 75.0 Å². The van der Waals surface area contributed by atoms with Crippen molar-refractivity contribution >= 4 is 52.6 Å². The number of nitrogens with two attached hydrogens (primary N) is 1. The van der Waals surface area contributed by atoms with Crippen LogP contribution < -0.4 is 21.1 Å². The second-order valence-corrected chi connectivity index (χ2v) is 19.2. The van der Waals surface area contributed by atoms with Gasteiger partial charge in [-0.2, -0.15) is 8.78 Å². The number of hydrogen-bond acceptors (Lipinski definition) is 20. The van der Waals surface area contributed by atoms with Crippen LogP contribution in [-0.4, -0.2) is 203 Å². The third kappa shape index (κ3) is 29.6. The molecule has 0 bridgehead atoms. The average Bonchev–Trinajstić information content (AvgIpc) is 3.91. The van der Waals surface area contributed by atoms with Crippen LogP contribution in [0.1, 0.15) is 78.4 Å². The number of aromatic nitrogens is 2. The van der Waals surface area contributed by atoms with Crippen molar-refractivity contribution < 1.29 is 88.8 Å². The summed E-state index contributed by atoms with van der Waals surface area (Å²) in [5, 5.41) is 5.82. The summed E-state index contributed by atoms with van der Waals surface area (Å²) in [5.41, 5.74) is 8.05. The predicted molar refractivity (Wildman–Crippen MR) is 294 cm³/mol. The number of fused-ring (bicyclic) bond motifs is 1. The van der Waals surface area contributed by atoms with Crippen molar-refractivity contribution in [3.8, 4) is 5.75 Å². The number of thiophene rings is 1. The minimum Gasteiger partial charge on any atom is -0.420 e. The molecule has 1 aliphatic rings. The normalized spacial score (nSPS) is 12.2. The van der Waals surface area contributed by atoms with Crippen LogP contribution in [0.3, 0.4) is 0 Å². The molecule has 0 aliphatic carbocycles. The van der Waals surface area contributed by atoms with Gasteiger partial charge in [0.15, 0.2) is 11.6 Å². The molecule has 2 aromatic heterocycles. The van der Waals surface area contributed by atoms with E-state index in [0.717, 1.165) is 47.5 Å². The molecular formula is C55H79F4N7O15S. The van der Waals surface area contributed by atoms with E-state index in [1.165, 1.54) is 18.7 Å². The van der Waals surface area contributed by atoms with Crippen LogP contribution in [0, 0.1) is 23.3 Å². The Labute approximate surface area is 480 Å². The summed E-state index contributed by atoms with van der Waals surface area (Å²) < 4.78 is 112. The lowest BCUT2D eigenvalue weighted by molar-refractivity contribution is -0.136. The third-order valence-electron chi connectivity index (χ3n) is 11.5. The highest BCUT2D eigenvalue weighted by molar-refractivity contribution is 7.13. The van der Waals surface area contributed by atoms with E-state index in [1.807, 2.05) is 24.0 Å². The van der Waals surface area contributed by atoms with Crippen LogP contribution in [-0.2, 0) is 68.2 Å². The van der Waals surface area contributed by atoms with Crippen LogP contribution in [0.2, 0.25) is 0 Å². The van der Waals surface area contributed by atoms with Crippen molar-refractivity contribution in [1.29, 1.82) is 0 Å². The molecule has 0 atom stereocenters. The number of esters is 1. The second kappa shape index (κ2) is 43.1. The van der Waals surface area contributed by atoms with Crippen molar-refractivity contribution in [1.82, 2.24) is 25.5 Å². The van der Waals surface area contributed by atoms with Gasteiger partial charge in [0.2, 0.25) is 29.2 Å². The Morgan fingerprint density at radius 2 is 1.10 bits per heavy atom. The summed E-state index contributed by atoms with van der Waals surface area (Å²) in [7, 11) is 0. The number of amidine groups is 1. The van der Waals surface area contributed by atoms with Gasteiger partial charge in [-0.05, 0) is 44.2 Å². The molecule has 4 N–H and O–H groups in total. The van der Waals surface area contributed by atoms with Crippen molar-refractivity contribution in [2.75, 3.05) is 158 Å². The number of carbonyl (C=O) groups excluding carboxylic acids is 4. The number of nitrogens with one attached hydrogen (secondary N) is 2. The molecule has 1 aliphatic heterocycles. The summed E-state index contributed by atoms with van der Waals surface area (Å²) in [6, 6.07) is 2.06. The summed E-state index contributed by atoms with van der Waals surface area (Å²) in [4.78, 5) is 66.3. The summed E-state index contributed by atoms with van der Waals surface area (Å²) in [6.45, 7) is 10.8. The van der Waals surface area contributed by atoms with Crippen LogP contribution in [0.4, 0.5) is 23.2 Å². The standard InChI is InChI=1S/C55H79F4N7O15S/c1-2-12-66(13-6-11-64-54(69)42-38-61-40-62-39-42)55(70)41-34-47-46(65-48(60)35-41)36-43(82-47)7-4-3-5-10-63-49(67)8-14-71-16-18-73-20-22-75-24-26-77-28-30-79-32-33-80-31-29-78-27-25-76-23-21-74-19-17-72-15-9-50(68)81-53-51(58)44(56)37-45(57)52(53)59/h34,36-40H,2-33,35H2,1H3,(H2,60,65)(H,63,67)(H,64,69). The summed E-state index contributed by atoms with van der Waals surface area (Å²) in [6.07, 6.45) is 11.3. The predicted octanol–water partition coefficient (Wildman–Crippen LogP) is 5.31. The molecule has 3 heterocycles. The Morgan fingerprint density at radius 3 is 1.61 bits per heavy atom. The number of unbranched alkanes of at least 4 members (excludes halogenated alkanes) is 2. The zero-order valence-electron chi connectivity index (χ0n) is 46.7. The monoisotopic (exact) mass is 1190 g/mol.